The molecular formula is C10H14N2O2S. The number of carboxylic acids is 1. The fraction of sp³-hybridized carbons (Fsp3) is 0.600. The summed E-state index contributed by atoms with van der Waals surface area (Å²) in [6.45, 7) is 2.23. The van der Waals surface area contributed by atoms with Crippen molar-refractivity contribution in [1.82, 2.24) is 4.98 Å². The smallest absolute Gasteiger partial charge is 0.357 e. The van der Waals surface area contributed by atoms with Gasteiger partial charge in [-0.15, -0.1) is 11.3 Å². The number of nitrogens with zero attached hydrogens (tertiary/aromatic N) is 1. The molecule has 82 valence electrons. The van der Waals surface area contributed by atoms with Crippen LogP contribution in [0.3, 0.4) is 0 Å². The van der Waals surface area contributed by atoms with E-state index in [0.717, 1.165) is 18.8 Å². The topological polar surface area (TPSA) is 62.2 Å². The van der Waals surface area contributed by atoms with Crippen LogP contribution in [0.5, 0.6) is 0 Å². The monoisotopic (exact) mass is 226 g/mol. The van der Waals surface area contributed by atoms with Gasteiger partial charge < -0.3 is 10.4 Å². The van der Waals surface area contributed by atoms with E-state index in [0.29, 0.717) is 11.0 Å². The highest BCUT2D eigenvalue weighted by atomic mass is 32.1. The lowest BCUT2D eigenvalue weighted by Gasteiger charge is -2.12. The van der Waals surface area contributed by atoms with Gasteiger partial charge in [0.15, 0.2) is 5.69 Å². The van der Waals surface area contributed by atoms with Crippen LogP contribution >= 0.6 is 11.3 Å². The molecule has 5 heteroatoms. The van der Waals surface area contributed by atoms with Gasteiger partial charge in [-0.1, -0.05) is 6.92 Å². The molecule has 1 aromatic heterocycles. The maximum atomic E-state index is 10.8. The van der Waals surface area contributed by atoms with Crippen LogP contribution in [0.15, 0.2) is 5.51 Å². The lowest BCUT2D eigenvalue weighted by molar-refractivity contribution is 0.0692. The van der Waals surface area contributed by atoms with Crippen LogP contribution < -0.4 is 5.32 Å². The lowest BCUT2D eigenvalue weighted by atomic mass is 10.1. The van der Waals surface area contributed by atoms with E-state index in [-0.39, 0.29) is 5.69 Å². The van der Waals surface area contributed by atoms with Gasteiger partial charge in [-0.25, -0.2) is 9.78 Å². The van der Waals surface area contributed by atoms with Crippen LogP contribution in [0.1, 0.15) is 36.7 Å². The molecule has 0 amide bonds. The average molecular weight is 226 g/mol. The zero-order valence-corrected chi connectivity index (χ0v) is 9.38. The Kier molecular flexibility index (Phi) is 2.90. The second-order valence-corrected chi connectivity index (χ2v) is 4.95. The Morgan fingerprint density at radius 1 is 1.67 bits per heavy atom. The Hall–Kier alpha value is -1.10. The Balaban J connectivity index is 2.04. The number of hydrogen-bond acceptors (Lipinski definition) is 4. The van der Waals surface area contributed by atoms with Crippen LogP contribution in [-0.2, 0) is 0 Å². The van der Waals surface area contributed by atoms with E-state index in [1.807, 2.05) is 0 Å². The first kappa shape index (κ1) is 10.4. The van der Waals surface area contributed by atoms with Gasteiger partial charge in [0.05, 0.1) is 5.51 Å². The summed E-state index contributed by atoms with van der Waals surface area (Å²) in [6.07, 6.45) is 3.47. The highest BCUT2D eigenvalue weighted by molar-refractivity contribution is 7.14. The number of hydrogen-bond donors (Lipinski definition) is 2. The summed E-state index contributed by atoms with van der Waals surface area (Å²) in [6, 6.07) is 0.415. The number of aromatic nitrogens is 1. The number of carboxylic acid groups (broad SMARTS) is 1. The van der Waals surface area contributed by atoms with Crippen molar-refractivity contribution >= 4 is 22.3 Å². The third kappa shape index (κ3) is 2.28. The van der Waals surface area contributed by atoms with Crippen LogP contribution in [0.25, 0.3) is 0 Å². The van der Waals surface area contributed by atoms with E-state index in [1.165, 1.54) is 17.8 Å². The fourth-order valence-corrected chi connectivity index (χ4v) is 2.77. The van der Waals surface area contributed by atoms with E-state index in [2.05, 4.69) is 17.2 Å². The summed E-state index contributed by atoms with van der Waals surface area (Å²) in [5, 5.41) is 12.9. The summed E-state index contributed by atoms with van der Waals surface area (Å²) < 4.78 is 0. The number of carbonyl (C=O) groups is 1. The van der Waals surface area contributed by atoms with Crippen LogP contribution in [0.4, 0.5) is 5.00 Å². The number of aromatic carboxylic acids is 1. The third-order valence-electron chi connectivity index (χ3n) is 2.80. The summed E-state index contributed by atoms with van der Waals surface area (Å²) in [5.74, 6) is -0.214. The summed E-state index contributed by atoms with van der Waals surface area (Å²) in [5.41, 5.74) is 1.73. The second kappa shape index (κ2) is 4.18. The SMILES string of the molecule is CC1CCC(Nc2scnc2C(=O)O)C1. The fourth-order valence-electron chi connectivity index (χ4n) is 2.02. The molecule has 0 aliphatic heterocycles. The van der Waals surface area contributed by atoms with Gasteiger partial charge in [0.1, 0.15) is 5.00 Å². The molecule has 2 N–H and O–H groups in total. The van der Waals surface area contributed by atoms with Gasteiger partial charge in [0.2, 0.25) is 0 Å². The zero-order valence-electron chi connectivity index (χ0n) is 8.56. The van der Waals surface area contributed by atoms with E-state index >= 15 is 0 Å². The minimum atomic E-state index is -0.954. The maximum Gasteiger partial charge on any atom is 0.357 e. The summed E-state index contributed by atoms with van der Waals surface area (Å²) >= 11 is 1.36. The van der Waals surface area contributed by atoms with Crippen molar-refractivity contribution in [3.63, 3.8) is 0 Å². The highest BCUT2D eigenvalue weighted by Gasteiger charge is 2.23. The molecule has 2 atom stereocenters. The Morgan fingerprint density at radius 3 is 3.07 bits per heavy atom. The Labute approximate surface area is 92.3 Å². The molecule has 15 heavy (non-hydrogen) atoms. The molecule has 1 aliphatic carbocycles. The molecule has 1 heterocycles. The predicted molar refractivity (Wildman–Crippen MR) is 59.5 cm³/mol. The molecule has 1 aliphatic rings. The van der Waals surface area contributed by atoms with Crippen LogP contribution in [-0.4, -0.2) is 22.1 Å². The van der Waals surface area contributed by atoms with Gasteiger partial charge >= 0.3 is 5.97 Å². The van der Waals surface area contributed by atoms with Crippen LogP contribution in [0.2, 0.25) is 0 Å². The standard InChI is InChI=1S/C10H14N2O2S/c1-6-2-3-7(4-6)12-9-8(10(13)14)11-5-15-9/h5-7,12H,2-4H2,1H3,(H,13,14). The van der Waals surface area contributed by atoms with E-state index in [4.69, 9.17) is 5.11 Å². The van der Waals surface area contributed by atoms with Crippen molar-refractivity contribution in [3.05, 3.63) is 11.2 Å². The molecule has 0 radical (unpaired) electrons. The molecule has 2 rings (SSSR count). The van der Waals surface area contributed by atoms with Crippen molar-refractivity contribution in [2.45, 2.75) is 32.2 Å². The molecule has 4 nitrogen and oxygen atoms in total. The van der Waals surface area contributed by atoms with E-state index in [1.54, 1.807) is 5.51 Å². The van der Waals surface area contributed by atoms with Crippen LogP contribution in [0, 0.1) is 5.92 Å². The molecule has 1 aromatic rings. The summed E-state index contributed by atoms with van der Waals surface area (Å²) in [4.78, 5) is 14.7. The first-order valence-electron chi connectivity index (χ1n) is 5.10. The third-order valence-corrected chi connectivity index (χ3v) is 3.56. The molecule has 1 saturated carbocycles. The first-order chi connectivity index (χ1) is 7.16. The van der Waals surface area contributed by atoms with Gasteiger partial charge in [-0.3, -0.25) is 0 Å². The predicted octanol–water partition coefficient (Wildman–Crippen LogP) is 2.44. The maximum absolute atomic E-state index is 10.8. The zero-order chi connectivity index (χ0) is 10.8. The van der Waals surface area contributed by atoms with Crippen molar-refractivity contribution in [2.75, 3.05) is 5.32 Å². The second-order valence-electron chi connectivity index (χ2n) is 4.09. The molecule has 0 bridgehead atoms. The van der Waals surface area contributed by atoms with Crippen molar-refractivity contribution in [1.29, 1.82) is 0 Å². The Bertz CT molecular complexity index is 364. The first-order valence-corrected chi connectivity index (χ1v) is 5.98. The molecule has 0 spiro atoms. The number of anilines is 1. The van der Waals surface area contributed by atoms with E-state index < -0.39 is 5.97 Å². The van der Waals surface area contributed by atoms with Crippen molar-refractivity contribution < 1.29 is 9.90 Å². The van der Waals surface area contributed by atoms with Crippen molar-refractivity contribution in [3.8, 4) is 0 Å². The Morgan fingerprint density at radius 2 is 2.47 bits per heavy atom. The molecule has 0 saturated heterocycles. The molecule has 0 aromatic carbocycles. The van der Waals surface area contributed by atoms with Gasteiger partial charge in [-0.2, -0.15) is 0 Å². The minimum Gasteiger partial charge on any atom is -0.476 e. The van der Waals surface area contributed by atoms with Gasteiger partial charge in [0, 0.05) is 6.04 Å². The highest BCUT2D eigenvalue weighted by Crippen LogP contribution is 2.30. The largest absolute Gasteiger partial charge is 0.476 e. The minimum absolute atomic E-state index is 0.152. The summed E-state index contributed by atoms with van der Waals surface area (Å²) in [7, 11) is 0. The molecular weight excluding hydrogens is 212 g/mol. The van der Waals surface area contributed by atoms with Crippen molar-refractivity contribution in [2.24, 2.45) is 5.92 Å². The van der Waals surface area contributed by atoms with E-state index in [9.17, 15) is 4.79 Å². The van der Waals surface area contributed by atoms with Gasteiger partial charge in [-0.05, 0) is 25.2 Å². The number of nitrogens with one attached hydrogen (secondary N) is 1. The molecule has 2 unspecified atom stereocenters. The van der Waals surface area contributed by atoms with Gasteiger partial charge in [0.25, 0.3) is 0 Å². The lowest BCUT2D eigenvalue weighted by Crippen LogP contribution is -2.16. The normalized spacial score (nSPS) is 25.4. The molecule has 1 fully saturated rings. The number of thiazole rings is 1. The average Bonchev–Trinajstić information content (AvgIpc) is 2.75. The number of rotatable bonds is 3. The quantitative estimate of drug-likeness (QED) is 0.831.